The summed E-state index contributed by atoms with van der Waals surface area (Å²) < 4.78 is 0. The second-order valence-electron chi connectivity index (χ2n) is 5.18. The SMILES string of the molecule is CC(C)(C)NC(=O)NCC1CC(N)C1. The third-order valence-corrected chi connectivity index (χ3v) is 2.31. The highest BCUT2D eigenvalue weighted by Gasteiger charge is 2.26. The van der Waals surface area contributed by atoms with E-state index in [1.165, 1.54) is 0 Å². The summed E-state index contributed by atoms with van der Waals surface area (Å²) in [7, 11) is 0. The van der Waals surface area contributed by atoms with E-state index in [-0.39, 0.29) is 11.6 Å². The smallest absolute Gasteiger partial charge is 0.315 e. The number of hydrogen-bond acceptors (Lipinski definition) is 2. The van der Waals surface area contributed by atoms with Crippen LogP contribution in [0.15, 0.2) is 0 Å². The Kier molecular flexibility index (Phi) is 3.37. The number of carbonyl (C=O) groups excluding carboxylic acids is 1. The molecule has 2 amide bonds. The van der Waals surface area contributed by atoms with Gasteiger partial charge in [0.15, 0.2) is 0 Å². The molecule has 0 radical (unpaired) electrons. The van der Waals surface area contributed by atoms with Crippen molar-refractivity contribution in [2.24, 2.45) is 11.7 Å². The molecule has 0 unspecified atom stereocenters. The van der Waals surface area contributed by atoms with E-state index in [1.54, 1.807) is 0 Å². The highest BCUT2D eigenvalue weighted by molar-refractivity contribution is 5.74. The van der Waals surface area contributed by atoms with Gasteiger partial charge in [0.2, 0.25) is 0 Å². The lowest BCUT2D eigenvalue weighted by Crippen LogP contribution is -2.49. The van der Waals surface area contributed by atoms with Crippen molar-refractivity contribution < 1.29 is 4.79 Å². The van der Waals surface area contributed by atoms with Crippen LogP contribution in [0.2, 0.25) is 0 Å². The molecule has 1 fully saturated rings. The lowest BCUT2D eigenvalue weighted by atomic mass is 9.81. The quantitative estimate of drug-likeness (QED) is 0.616. The van der Waals surface area contributed by atoms with Crippen LogP contribution in [0.4, 0.5) is 4.79 Å². The molecule has 4 N–H and O–H groups in total. The molecule has 0 aromatic heterocycles. The molecular formula is C10H21N3O. The first kappa shape index (κ1) is 11.3. The number of hydrogen-bond donors (Lipinski definition) is 3. The van der Waals surface area contributed by atoms with Crippen LogP contribution in [0.25, 0.3) is 0 Å². The fourth-order valence-electron chi connectivity index (χ4n) is 1.58. The first-order valence-electron chi connectivity index (χ1n) is 5.18. The predicted octanol–water partition coefficient (Wildman–Crippen LogP) is 0.821. The van der Waals surface area contributed by atoms with Crippen LogP contribution >= 0.6 is 0 Å². The van der Waals surface area contributed by atoms with Crippen LogP contribution < -0.4 is 16.4 Å². The van der Waals surface area contributed by atoms with Gasteiger partial charge >= 0.3 is 6.03 Å². The van der Waals surface area contributed by atoms with Gasteiger partial charge in [-0.05, 0) is 39.5 Å². The summed E-state index contributed by atoms with van der Waals surface area (Å²) in [5.74, 6) is 0.579. The van der Waals surface area contributed by atoms with Crippen molar-refractivity contribution >= 4 is 6.03 Å². The Morgan fingerprint density at radius 1 is 1.43 bits per heavy atom. The van der Waals surface area contributed by atoms with Crippen molar-refractivity contribution in [1.29, 1.82) is 0 Å². The van der Waals surface area contributed by atoms with Gasteiger partial charge in [-0.2, -0.15) is 0 Å². The summed E-state index contributed by atoms with van der Waals surface area (Å²) in [6, 6.07) is 0.269. The molecule has 0 saturated heterocycles. The van der Waals surface area contributed by atoms with E-state index in [1.807, 2.05) is 20.8 Å². The zero-order valence-corrected chi connectivity index (χ0v) is 9.26. The van der Waals surface area contributed by atoms with Gasteiger partial charge in [0.25, 0.3) is 0 Å². The van der Waals surface area contributed by atoms with E-state index < -0.39 is 0 Å². The Labute approximate surface area is 85.6 Å². The van der Waals surface area contributed by atoms with E-state index in [9.17, 15) is 4.79 Å². The molecule has 1 aliphatic rings. The maximum absolute atomic E-state index is 11.3. The van der Waals surface area contributed by atoms with Gasteiger partial charge < -0.3 is 16.4 Å². The Hall–Kier alpha value is -0.770. The largest absolute Gasteiger partial charge is 0.338 e. The van der Waals surface area contributed by atoms with Crippen molar-refractivity contribution in [2.75, 3.05) is 6.54 Å². The van der Waals surface area contributed by atoms with Crippen LogP contribution in [0, 0.1) is 5.92 Å². The molecule has 82 valence electrons. The zero-order valence-electron chi connectivity index (χ0n) is 9.26. The lowest BCUT2D eigenvalue weighted by Gasteiger charge is -2.32. The number of urea groups is 1. The zero-order chi connectivity index (χ0) is 10.8. The van der Waals surface area contributed by atoms with E-state index in [0.29, 0.717) is 12.0 Å². The van der Waals surface area contributed by atoms with Crippen LogP contribution in [-0.2, 0) is 0 Å². The van der Waals surface area contributed by atoms with Crippen LogP contribution in [0.5, 0.6) is 0 Å². The maximum atomic E-state index is 11.3. The number of rotatable bonds is 2. The van der Waals surface area contributed by atoms with Crippen molar-refractivity contribution in [3.63, 3.8) is 0 Å². The normalized spacial score (nSPS) is 26.6. The number of carbonyl (C=O) groups is 1. The molecule has 14 heavy (non-hydrogen) atoms. The van der Waals surface area contributed by atoms with Crippen molar-refractivity contribution in [1.82, 2.24) is 10.6 Å². The van der Waals surface area contributed by atoms with E-state index in [2.05, 4.69) is 10.6 Å². The summed E-state index contributed by atoms with van der Waals surface area (Å²) in [5.41, 5.74) is 5.48. The van der Waals surface area contributed by atoms with Crippen LogP contribution in [0.3, 0.4) is 0 Å². The number of amides is 2. The summed E-state index contributed by atoms with van der Waals surface area (Å²) in [4.78, 5) is 11.3. The maximum Gasteiger partial charge on any atom is 0.315 e. The van der Waals surface area contributed by atoms with Gasteiger partial charge in [0.05, 0.1) is 0 Å². The fourth-order valence-corrected chi connectivity index (χ4v) is 1.58. The van der Waals surface area contributed by atoms with Gasteiger partial charge in [0, 0.05) is 18.1 Å². The monoisotopic (exact) mass is 199 g/mol. The van der Waals surface area contributed by atoms with Gasteiger partial charge in [-0.3, -0.25) is 0 Å². The number of nitrogens with two attached hydrogens (primary N) is 1. The summed E-state index contributed by atoms with van der Waals surface area (Å²) >= 11 is 0. The third kappa shape index (κ3) is 3.96. The average molecular weight is 199 g/mol. The van der Waals surface area contributed by atoms with Crippen molar-refractivity contribution in [2.45, 2.75) is 45.2 Å². The van der Waals surface area contributed by atoms with Gasteiger partial charge in [-0.15, -0.1) is 0 Å². The summed E-state index contributed by atoms with van der Waals surface area (Å²) in [6.45, 7) is 6.64. The van der Waals surface area contributed by atoms with Crippen molar-refractivity contribution in [3.05, 3.63) is 0 Å². The molecule has 1 saturated carbocycles. The van der Waals surface area contributed by atoms with Gasteiger partial charge in [0.1, 0.15) is 0 Å². The first-order chi connectivity index (χ1) is 6.37. The highest BCUT2D eigenvalue weighted by atomic mass is 16.2. The Bertz CT molecular complexity index is 204. The third-order valence-electron chi connectivity index (χ3n) is 2.31. The minimum absolute atomic E-state index is 0.0852. The fraction of sp³-hybridized carbons (Fsp3) is 0.900. The Morgan fingerprint density at radius 3 is 2.43 bits per heavy atom. The van der Waals surface area contributed by atoms with Crippen LogP contribution in [0.1, 0.15) is 33.6 Å². The second-order valence-corrected chi connectivity index (χ2v) is 5.18. The van der Waals surface area contributed by atoms with Crippen LogP contribution in [-0.4, -0.2) is 24.2 Å². The molecule has 1 rings (SSSR count). The molecule has 0 bridgehead atoms. The molecule has 0 heterocycles. The minimum Gasteiger partial charge on any atom is -0.338 e. The Balaban J connectivity index is 2.10. The molecule has 0 aromatic carbocycles. The Morgan fingerprint density at radius 2 is 2.00 bits per heavy atom. The van der Waals surface area contributed by atoms with E-state index in [4.69, 9.17) is 5.73 Å². The van der Waals surface area contributed by atoms with E-state index in [0.717, 1.165) is 19.4 Å². The van der Waals surface area contributed by atoms with Crippen molar-refractivity contribution in [3.8, 4) is 0 Å². The molecular weight excluding hydrogens is 178 g/mol. The lowest BCUT2D eigenvalue weighted by molar-refractivity contribution is 0.218. The molecule has 0 aliphatic heterocycles. The minimum atomic E-state index is -0.167. The summed E-state index contributed by atoms with van der Waals surface area (Å²) in [6.07, 6.45) is 2.07. The molecule has 0 aromatic rings. The molecule has 4 heteroatoms. The number of nitrogens with one attached hydrogen (secondary N) is 2. The van der Waals surface area contributed by atoms with E-state index >= 15 is 0 Å². The molecule has 4 nitrogen and oxygen atoms in total. The summed E-state index contributed by atoms with van der Waals surface area (Å²) in [5, 5.41) is 5.71. The van der Waals surface area contributed by atoms with Gasteiger partial charge in [-0.25, -0.2) is 4.79 Å². The predicted molar refractivity (Wildman–Crippen MR) is 57.0 cm³/mol. The highest BCUT2D eigenvalue weighted by Crippen LogP contribution is 2.24. The van der Waals surface area contributed by atoms with Gasteiger partial charge in [-0.1, -0.05) is 0 Å². The molecule has 0 atom stereocenters. The standard InChI is InChI=1S/C10H21N3O/c1-10(2,3)13-9(14)12-6-7-4-8(11)5-7/h7-8H,4-6,11H2,1-3H3,(H2,12,13,14). The second kappa shape index (κ2) is 4.17. The first-order valence-corrected chi connectivity index (χ1v) is 5.18. The average Bonchev–Trinajstić information content (AvgIpc) is 1.92. The topological polar surface area (TPSA) is 67.2 Å². The molecule has 1 aliphatic carbocycles. The molecule has 0 spiro atoms.